The van der Waals surface area contributed by atoms with Crippen molar-refractivity contribution in [2.24, 2.45) is 11.3 Å². The molecule has 1 fully saturated rings. The van der Waals surface area contributed by atoms with E-state index in [2.05, 4.69) is 18.3 Å². The van der Waals surface area contributed by atoms with E-state index in [9.17, 15) is 14.4 Å². The summed E-state index contributed by atoms with van der Waals surface area (Å²) in [4.78, 5) is 42.0. The molecule has 1 saturated heterocycles. The van der Waals surface area contributed by atoms with Gasteiger partial charge < -0.3 is 24.4 Å². The minimum absolute atomic E-state index is 0.0329. The molecule has 1 aromatic rings. The summed E-state index contributed by atoms with van der Waals surface area (Å²) < 4.78 is 16.0. The van der Waals surface area contributed by atoms with Crippen LogP contribution in [0.15, 0.2) is 30.0 Å². The van der Waals surface area contributed by atoms with Gasteiger partial charge in [0, 0.05) is 31.1 Å². The zero-order valence-electron chi connectivity index (χ0n) is 24.2. The summed E-state index contributed by atoms with van der Waals surface area (Å²) in [6, 6.07) is 5.48. The van der Waals surface area contributed by atoms with Crippen LogP contribution in [-0.4, -0.2) is 50.6 Å². The van der Waals surface area contributed by atoms with E-state index in [1.54, 1.807) is 20.3 Å². The SMILES string of the molecule is CCCCCCCCN1C(=O)[C@H](CC(=O)NCc2ccc(OC)c(OC)c2)C[C@@]2(C(=O)OC)CCCCC=C12. The number of benzene rings is 1. The van der Waals surface area contributed by atoms with Crippen LogP contribution in [0.5, 0.6) is 11.5 Å². The molecular formula is C31H46N2O6. The molecule has 2 amide bonds. The fraction of sp³-hybridized carbons (Fsp3) is 0.645. The quantitative estimate of drug-likeness (QED) is 0.245. The average molecular weight is 543 g/mol. The third-order valence-electron chi connectivity index (χ3n) is 8.07. The maximum absolute atomic E-state index is 13.8. The number of carbonyl (C=O) groups excluding carboxylic acids is 3. The lowest BCUT2D eigenvalue weighted by Crippen LogP contribution is -2.53. The molecular weight excluding hydrogens is 496 g/mol. The van der Waals surface area contributed by atoms with E-state index in [1.807, 2.05) is 17.0 Å². The first-order valence-electron chi connectivity index (χ1n) is 14.5. The topological polar surface area (TPSA) is 94.2 Å². The van der Waals surface area contributed by atoms with Gasteiger partial charge in [0.1, 0.15) is 5.41 Å². The summed E-state index contributed by atoms with van der Waals surface area (Å²) in [5.74, 6) is 0.0499. The van der Waals surface area contributed by atoms with E-state index in [0.717, 1.165) is 49.8 Å². The molecule has 0 saturated carbocycles. The molecule has 1 N–H and O–H groups in total. The lowest BCUT2D eigenvalue weighted by Gasteiger charge is -2.46. The molecule has 8 nitrogen and oxygen atoms in total. The third-order valence-corrected chi connectivity index (χ3v) is 8.07. The Labute approximate surface area is 233 Å². The predicted molar refractivity (Wildman–Crippen MR) is 150 cm³/mol. The van der Waals surface area contributed by atoms with E-state index >= 15 is 0 Å². The summed E-state index contributed by atoms with van der Waals surface area (Å²) in [7, 11) is 4.56. The maximum atomic E-state index is 13.8. The van der Waals surface area contributed by atoms with Gasteiger partial charge in [0.2, 0.25) is 11.8 Å². The van der Waals surface area contributed by atoms with Crippen LogP contribution in [0.4, 0.5) is 0 Å². The Morgan fingerprint density at radius 3 is 2.49 bits per heavy atom. The van der Waals surface area contributed by atoms with Crippen LogP contribution in [0.2, 0.25) is 0 Å². The second-order valence-corrected chi connectivity index (χ2v) is 10.7. The van der Waals surface area contributed by atoms with Crippen molar-refractivity contribution in [3.05, 3.63) is 35.5 Å². The molecule has 0 unspecified atom stereocenters. The van der Waals surface area contributed by atoms with E-state index in [0.29, 0.717) is 37.4 Å². The van der Waals surface area contributed by atoms with Crippen LogP contribution >= 0.6 is 0 Å². The number of methoxy groups -OCH3 is 3. The molecule has 39 heavy (non-hydrogen) atoms. The number of piperidine rings is 1. The molecule has 1 aromatic carbocycles. The number of carbonyl (C=O) groups is 3. The normalized spacial score (nSPS) is 20.9. The van der Waals surface area contributed by atoms with Crippen molar-refractivity contribution < 1.29 is 28.6 Å². The molecule has 1 aliphatic heterocycles. The summed E-state index contributed by atoms with van der Waals surface area (Å²) in [6.45, 7) is 3.07. The van der Waals surface area contributed by atoms with Crippen LogP contribution in [0, 0.1) is 11.3 Å². The van der Waals surface area contributed by atoms with E-state index in [4.69, 9.17) is 14.2 Å². The predicted octanol–water partition coefficient (Wildman–Crippen LogP) is 5.54. The second kappa shape index (κ2) is 14.9. The lowest BCUT2D eigenvalue weighted by molar-refractivity contribution is -0.159. The molecule has 0 spiro atoms. The van der Waals surface area contributed by atoms with Gasteiger partial charge in [-0.2, -0.15) is 0 Å². The molecule has 0 bridgehead atoms. The fourth-order valence-electron chi connectivity index (χ4n) is 5.97. The van der Waals surface area contributed by atoms with E-state index < -0.39 is 11.3 Å². The molecule has 0 aromatic heterocycles. The van der Waals surface area contributed by atoms with Crippen molar-refractivity contribution in [1.29, 1.82) is 0 Å². The van der Waals surface area contributed by atoms with Crippen molar-refractivity contribution >= 4 is 17.8 Å². The minimum atomic E-state index is -0.879. The van der Waals surface area contributed by atoms with Gasteiger partial charge in [-0.1, -0.05) is 57.6 Å². The second-order valence-electron chi connectivity index (χ2n) is 10.7. The third kappa shape index (κ3) is 7.55. The Bertz CT molecular complexity index is 1020. The summed E-state index contributed by atoms with van der Waals surface area (Å²) in [5, 5.41) is 2.95. The van der Waals surface area contributed by atoms with Crippen LogP contribution in [0.3, 0.4) is 0 Å². The highest BCUT2D eigenvalue weighted by Gasteiger charge is 2.53. The number of rotatable bonds is 14. The first-order valence-corrected chi connectivity index (χ1v) is 14.5. The summed E-state index contributed by atoms with van der Waals surface area (Å²) in [6.07, 6.45) is 12.4. The molecule has 3 rings (SSSR count). The van der Waals surface area contributed by atoms with E-state index in [1.165, 1.54) is 26.4 Å². The molecule has 1 heterocycles. The smallest absolute Gasteiger partial charge is 0.317 e. The van der Waals surface area contributed by atoms with Gasteiger partial charge in [-0.3, -0.25) is 14.4 Å². The van der Waals surface area contributed by atoms with Crippen LogP contribution in [0.1, 0.15) is 89.5 Å². The lowest BCUT2D eigenvalue weighted by atomic mass is 9.69. The van der Waals surface area contributed by atoms with Gasteiger partial charge in [-0.15, -0.1) is 0 Å². The largest absolute Gasteiger partial charge is 0.493 e. The molecule has 2 atom stereocenters. The summed E-state index contributed by atoms with van der Waals surface area (Å²) in [5.41, 5.74) is 0.781. The highest BCUT2D eigenvalue weighted by molar-refractivity contribution is 5.92. The van der Waals surface area contributed by atoms with Crippen LogP contribution in [0.25, 0.3) is 0 Å². The Balaban J connectivity index is 1.75. The van der Waals surface area contributed by atoms with Crippen molar-refractivity contribution in [1.82, 2.24) is 10.2 Å². The highest BCUT2D eigenvalue weighted by Crippen LogP contribution is 2.49. The zero-order valence-corrected chi connectivity index (χ0v) is 24.2. The number of esters is 1. The Morgan fingerprint density at radius 2 is 1.77 bits per heavy atom. The molecule has 216 valence electrons. The number of fused-ring (bicyclic) bond motifs is 1. The Kier molecular flexibility index (Phi) is 11.7. The highest BCUT2D eigenvalue weighted by atomic mass is 16.5. The first kappa shape index (κ1) is 30.5. The molecule has 0 radical (unpaired) electrons. The number of likely N-dealkylation sites (tertiary alicyclic amines) is 1. The molecule has 2 aliphatic rings. The van der Waals surface area contributed by atoms with Crippen molar-refractivity contribution in [3.8, 4) is 11.5 Å². The van der Waals surface area contributed by atoms with Gasteiger partial charge in [0.15, 0.2) is 11.5 Å². The number of hydrogen-bond donors (Lipinski definition) is 1. The minimum Gasteiger partial charge on any atom is -0.493 e. The van der Waals surface area contributed by atoms with Gasteiger partial charge in [-0.05, 0) is 49.8 Å². The zero-order chi connectivity index (χ0) is 28.3. The van der Waals surface area contributed by atoms with Crippen molar-refractivity contribution in [2.75, 3.05) is 27.9 Å². The number of nitrogens with zero attached hydrogens (tertiary/aromatic N) is 1. The van der Waals surface area contributed by atoms with Crippen LogP contribution in [-0.2, 0) is 25.7 Å². The molecule has 1 aliphatic carbocycles. The number of unbranched alkanes of at least 4 members (excludes halogenated alkanes) is 5. The summed E-state index contributed by atoms with van der Waals surface area (Å²) >= 11 is 0. The monoisotopic (exact) mass is 542 g/mol. The number of amides is 2. The van der Waals surface area contributed by atoms with Crippen molar-refractivity contribution in [3.63, 3.8) is 0 Å². The Hall–Kier alpha value is -3.03. The number of nitrogens with one attached hydrogen (secondary N) is 1. The number of ether oxygens (including phenoxy) is 3. The van der Waals surface area contributed by atoms with Crippen molar-refractivity contribution in [2.45, 2.75) is 90.5 Å². The Morgan fingerprint density at radius 1 is 1.03 bits per heavy atom. The maximum Gasteiger partial charge on any atom is 0.317 e. The molecule has 8 heteroatoms. The van der Waals surface area contributed by atoms with Gasteiger partial charge in [0.25, 0.3) is 0 Å². The van der Waals surface area contributed by atoms with E-state index in [-0.39, 0.29) is 24.2 Å². The fourth-order valence-corrected chi connectivity index (χ4v) is 5.97. The van der Waals surface area contributed by atoms with Gasteiger partial charge in [0.05, 0.1) is 21.3 Å². The first-order chi connectivity index (χ1) is 18.9. The number of allylic oxidation sites excluding steroid dienone is 1. The van der Waals surface area contributed by atoms with Gasteiger partial charge >= 0.3 is 5.97 Å². The van der Waals surface area contributed by atoms with Crippen LogP contribution < -0.4 is 14.8 Å². The average Bonchev–Trinajstić information content (AvgIpc) is 3.17. The number of hydrogen-bond acceptors (Lipinski definition) is 6. The van der Waals surface area contributed by atoms with Gasteiger partial charge in [-0.25, -0.2) is 0 Å². The standard InChI is InChI=1S/C31H46N2O6/c1-5-6-7-8-9-13-18-33-27-14-11-10-12-17-31(27,30(36)39-4)21-24(29(33)35)20-28(34)32-22-23-15-16-25(37-2)26(19-23)38-3/h14-16,19,24H,5-13,17-18,20-22H2,1-4H3,(H,32,34)/t24-,31+/m1/s1.